The number of hydrogen-bond donors (Lipinski definition) is 1. The smallest absolute Gasteiger partial charge is 0.338 e. The van der Waals surface area contributed by atoms with E-state index >= 15 is 0 Å². The lowest BCUT2D eigenvalue weighted by Gasteiger charge is -2.13. The Balaban J connectivity index is 2.42. The van der Waals surface area contributed by atoms with E-state index in [4.69, 9.17) is 21.2 Å². The van der Waals surface area contributed by atoms with Crippen molar-refractivity contribution in [3.8, 4) is 5.75 Å². The van der Waals surface area contributed by atoms with Crippen molar-refractivity contribution in [2.75, 3.05) is 13.2 Å². The number of cyclic esters (lactones) is 1. The van der Waals surface area contributed by atoms with Crippen LogP contribution in [0, 0.1) is 0 Å². The van der Waals surface area contributed by atoms with E-state index in [1.165, 1.54) is 12.1 Å². The number of carbonyl (C=O) groups is 1. The molecule has 0 saturated heterocycles. The SMILES string of the molecule is CCO/N=C1\C=C\CC/C=C/CCOC(=O)c2ccc(O)c(Cl)c2C1. The first-order valence-electron chi connectivity index (χ1n) is 8.31. The molecule has 1 aliphatic heterocycles. The van der Waals surface area contributed by atoms with Crippen LogP contribution >= 0.6 is 11.6 Å². The van der Waals surface area contributed by atoms with Crippen LogP contribution < -0.4 is 0 Å². The molecule has 1 aliphatic rings. The van der Waals surface area contributed by atoms with E-state index in [1.807, 2.05) is 25.2 Å². The predicted molar refractivity (Wildman–Crippen MR) is 98.3 cm³/mol. The minimum absolute atomic E-state index is 0.0861. The highest BCUT2D eigenvalue weighted by Crippen LogP contribution is 2.31. The number of ether oxygens (including phenoxy) is 1. The molecule has 1 N–H and O–H groups in total. The number of aromatic hydroxyl groups is 1. The number of phenolic OH excluding ortho intramolecular Hbond substituents is 1. The Morgan fingerprint density at radius 2 is 2.00 bits per heavy atom. The maximum Gasteiger partial charge on any atom is 0.338 e. The Bertz CT molecular complexity index is 695. The number of halogens is 1. The summed E-state index contributed by atoms with van der Waals surface area (Å²) in [5.74, 6) is -0.556. The zero-order valence-electron chi connectivity index (χ0n) is 14.2. The lowest BCUT2D eigenvalue weighted by Crippen LogP contribution is -2.12. The van der Waals surface area contributed by atoms with Crippen LogP contribution in [0.3, 0.4) is 0 Å². The predicted octanol–water partition coefficient (Wildman–Crippen LogP) is 4.43. The topological polar surface area (TPSA) is 68.1 Å². The number of fused-ring (bicyclic) bond motifs is 1. The molecule has 1 aromatic carbocycles. The van der Waals surface area contributed by atoms with E-state index < -0.39 is 5.97 Å². The lowest BCUT2D eigenvalue weighted by molar-refractivity contribution is 0.0510. The molecular weight excluding hydrogens is 342 g/mol. The molecule has 1 heterocycles. The van der Waals surface area contributed by atoms with Crippen molar-refractivity contribution < 1.29 is 19.5 Å². The van der Waals surface area contributed by atoms with Crippen molar-refractivity contribution in [2.45, 2.75) is 32.6 Å². The van der Waals surface area contributed by atoms with E-state index in [0.717, 1.165) is 12.8 Å². The second kappa shape index (κ2) is 9.89. The minimum Gasteiger partial charge on any atom is -0.506 e. The van der Waals surface area contributed by atoms with Gasteiger partial charge in [0.05, 0.1) is 22.9 Å². The molecule has 0 bridgehead atoms. The normalized spacial score (nSPS) is 20.2. The van der Waals surface area contributed by atoms with E-state index in [2.05, 4.69) is 11.2 Å². The number of phenols is 1. The first kappa shape index (κ1) is 19.1. The van der Waals surface area contributed by atoms with Gasteiger partial charge in [0.1, 0.15) is 12.4 Å². The van der Waals surface area contributed by atoms with Crippen LogP contribution in [0.15, 0.2) is 41.6 Å². The number of carbonyl (C=O) groups excluding carboxylic acids is 1. The second-order valence-electron chi connectivity index (χ2n) is 5.48. The first-order chi connectivity index (χ1) is 12.1. The third-order valence-corrected chi connectivity index (χ3v) is 4.03. The summed E-state index contributed by atoms with van der Waals surface area (Å²) >= 11 is 6.24. The molecule has 25 heavy (non-hydrogen) atoms. The Hall–Kier alpha value is -2.27. The quantitative estimate of drug-likeness (QED) is 0.479. The van der Waals surface area contributed by atoms with Crippen molar-refractivity contribution in [3.05, 3.63) is 52.6 Å². The Labute approximate surface area is 152 Å². The van der Waals surface area contributed by atoms with Gasteiger partial charge in [0.15, 0.2) is 0 Å². The van der Waals surface area contributed by atoms with Crippen LogP contribution in [0.2, 0.25) is 5.02 Å². The first-order valence-corrected chi connectivity index (χ1v) is 8.69. The van der Waals surface area contributed by atoms with Crippen LogP contribution in [0.25, 0.3) is 0 Å². The average Bonchev–Trinajstić information content (AvgIpc) is 2.60. The number of benzene rings is 1. The molecule has 5 nitrogen and oxygen atoms in total. The molecule has 6 heteroatoms. The van der Waals surface area contributed by atoms with Gasteiger partial charge < -0.3 is 14.7 Å². The van der Waals surface area contributed by atoms with E-state index in [-0.39, 0.29) is 17.2 Å². The molecule has 0 spiro atoms. The van der Waals surface area contributed by atoms with Gasteiger partial charge in [0.25, 0.3) is 0 Å². The molecule has 0 saturated carbocycles. The fraction of sp³-hybridized carbons (Fsp3) is 0.368. The zero-order chi connectivity index (χ0) is 18.1. The van der Waals surface area contributed by atoms with Gasteiger partial charge in [-0.1, -0.05) is 35.0 Å². The highest BCUT2D eigenvalue weighted by atomic mass is 35.5. The van der Waals surface area contributed by atoms with Crippen LogP contribution in [0.1, 0.15) is 42.1 Å². The monoisotopic (exact) mass is 363 g/mol. The summed E-state index contributed by atoms with van der Waals surface area (Å²) in [6.07, 6.45) is 10.6. The molecule has 0 aromatic heterocycles. The summed E-state index contributed by atoms with van der Waals surface area (Å²) in [6.45, 7) is 2.57. The molecule has 2 rings (SSSR count). The molecule has 0 atom stereocenters. The highest BCUT2D eigenvalue weighted by Gasteiger charge is 2.19. The van der Waals surface area contributed by atoms with Gasteiger partial charge in [0.2, 0.25) is 0 Å². The van der Waals surface area contributed by atoms with Gasteiger partial charge in [-0.25, -0.2) is 4.79 Å². The maximum atomic E-state index is 12.4. The van der Waals surface area contributed by atoms with Crippen LogP contribution in [0.4, 0.5) is 0 Å². The molecular formula is C19H22ClNO4. The summed E-state index contributed by atoms with van der Waals surface area (Å²) in [4.78, 5) is 17.5. The molecule has 0 aliphatic carbocycles. The van der Waals surface area contributed by atoms with Crippen molar-refractivity contribution in [3.63, 3.8) is 0 Å². The summed E-state index contributed by atoms with van der Waals surface area (Å²) in [6, 6.07) is 2.91. The van der Waals surface area contributed by atoms with Gasteiger partial charge in [-0.05, 0) is 50.0 Å². The number of rotatable bonds is 2. The zero-order valence-corrected chi connectivity index (χ0v) is 15.0. The number of allylic oxidation sites excluding steroid dienone is 3. The van der Waals surface area contributed by atoms with Gasteiger partial charge in [-0.15, -0.1) is 0 Å². The number of nitrogens with zero attached hydrogens (tertiary/aromatic N) is 1. The standard InChI is InChI=1S/C19H22ClNO4/c1-2-25-21-14-9-7-5-3-4-6-8-12-24-19(23)15-10-11-17(22)18(20)16(15)13-14/h4,6-7,9-11,22H,2-3,5,8,12-13H2,1H3/b6-4+,9-7+,21-14+. The summed E-state index contributed by atoms with van der Waals surface area (Å²) < 4.78 is 5.30. The minimum atomic E-state index is -0.470. The second-order valence-corrected chi connectivity index (χ2v) is 5.86. The third-order valence-electron chi connectivity index (χ3n) is 3.61. The Kier molecular flexibility index (Phi) is 7.54. The van der Waals surface area contributed by atoms with Crippen molar-refractivity contribution >= 4 is 23.3 Å². The fourth-order valence-electron chi connectivity index (χ4n) is 2.37. The summed E-state index contributed by atoms with van der Waals surface area (Å²) in [7, 11) is 0. The van der Waals surface area contributed by atoms with Gasteiger partial charge in [0, 0.05) is 6.42 Å². The molecule has 0 unspecified atom stereocenters. The summed E-state index contributed by atoms with van der Waals surface area (Å²) in [5, 5.41) is 14.1. The van der Waals surface area contributed by atoms with Crippen LogP contribution in [-0.4, -0.2) is 30.0 Å². The fourth-order valence-corrected chi connectivity index (χ4v) is 2.60. The molecule has 134 valence electrons. The van der Waals surface area contributed by atoms with E-state index in [9.17, 15) is 9.90 Å². The van der Waals surface area contributed by atoms with E-state index in [0.29, 0.717) is 36.5 Å². The van der Waals surface area contributed by atoms with Crippen molar-refractivity contribution in [2.24, 2.45) is 5.16 Å². The van der Waals surface area contributed by atoms with Crippen molar-refractivity contribution in [1.82, 2.24) is 0 Å². The lowest BCUT2D eigenvalue weighted by atomic mass is 10.0. The van der Waals surface area contributed by atoms with Gasteiger partial charge >= 0.3 is 5.97 Å². The summed E-state index contributed by atoms with van der Waals surface area (Å²) in [5.41, 5.74) is 1.41. The van der Waals surface area contributed by atoms with Crippen LogP contribution in [0.5, 0.6) is 5.75 Å². The largest absolute Gasteiger partial charge is 0.506 e. The van der Waals surface area contributed by atoms with Crippen LogP contribution in [-0.2, 0) is 16.0 Å². The average molecular weight is 364 g/mol. The van der Waals surface area contributed by atoms with Crippen molar-refractivity contribution in [1.29, 1.82) is 0 Å². The number of oxime groups is 1. The third kappa shape index (κ3) is 5.64. The van der Waals surface area contributed by atoms with E-state index in [1.54, 1.807) is 0 Å². The molecule has 0 amide bonds. The molecule has 1 aromatic rings. The maximum absolute atomic E-state index is 12.4. The molecule has 0 radical (unpaired) electrons. The number of hydrogen-bond acceptors (Lipinski definition) is 5. The highest BCUT2D eigenvalue weighted by molar-refractivity contribution is 6.33. The molecule has 0 fully saturated rings. The Morgan fingerprint density at radius 1 is 1.24 bits per heavy atom. The number of esters is 1. The van der Waals surface area contributed by atoms with Gasteiger partial charge in [-0.2, -0.15) is 0 Å². The Morgan fingerprint density at radius 3 is 2.80 bits per heavy atom. The van der Waals surface area contributed by atoms with Gasteiger partial charge in [-0.3, -0.25) is 0 Å².